The van der Waals surface area contributed by atoms with E-state index in [0.29, 0.717) is 0 Å². The van der Waals surface area contributed by atoms with Crippen molar-refractivity contribution < 1.29 is 0 Å². The van der Waals surface area contributed by atoms with Crippen LogP contribution >= 0.6 is 0 Å². The lowest BCUT2D eigenvalue weighted by molar-refractivity contribution is 0.337. The lowest BCUT2D eigenvalue weighted by atomic mass is 9.85. The van der Waals surface area contributed by atoms with Gasteiger partial charge in [0.2, 0.25) is 0 Å². The van der Waals surface area contributed by atoms with Crippen molar-refractivity contribution >= 4 is 0 Å². The molecule has 2 atom stereocenters. The van der Waals surface area contributed by atoms with E-state index in [0.717, 1.165) is 18.9 Å². The second-order valence-corrected chi connectivity index (χ2v) is 6.93. The third-order valence-electron chi connectivity index (χ3n) is 4.19. The van der Waals surface area contributed by atoms with Crippen molar-refractivity contribution in [3.05, 3.63) is 35.4 Å². The lowest BCUT2D eigenvalue weighted by Gasteiger charge is -2.26. The number of nitrogens with one attached hydrogen (secondary N) is 1. The van der Waals surface area contributed by atoms with Crippen LogP contribution in [-0.2, 0) is 5.41 Å². The molecule has 2 heteroatoms. The molecular formula is C17H28N2. The van der Waals surface area contributed by atoms with Crippen molar-refractivity contribution in [2.75, 3.05) is 13.1 Å². The zero-order valence-electron chi connectivity index (χ0n) is 12.6. The van der Waals surface area contributed by atoms with Gasteiger partial charge >= 0.3 is 0 Å². The molecule has 0 spiro atoms. The first-order chi connectivity index (χ1) is 8.97. The quantitative estimate of drug-likeness (QED) is 0.874. The third-order valence-corrected chi connectivity index (χ3v) is 4.19. The van der Waals surface area contributed by atoms with Gasteiger partial charge in [-0.1, -0.05) is 45.0 Å². The van der Waals surface area contributed by atoms with Gasteiger partial charge in [-0.15, -0.1) is 0 Å². The predicted molar refractivity (Wildman–Crippen MR) is 82.3 cm³/mol. The number of piperidine rings is 1. The Labute approximate surface area is 117 Å². The topological polar surface area (TPSA) is 38.0 Å². The van der Waals surface area contributed by atoms with Crippen molar-refractivity contribution in [3.8, 4) is 0 Å². The molecule has 2 nitrogen and oxygen atoms in total. The van der Waals surface area contributed by atoms with Gasteiger partial charge in [0.25, 0.3) is 0 Å². The first kappa shape index (κ1) is 14.5. The zero-order chi connectivity index (χ0) is 13.9. The maximum absolute atomic E-state index is 6.36. The highest BCUT2D eigenvalue weighted by atomic mass is 14.9. The predicted octanol–water partition coefficient (Wildman–Crippen LogP) is 3.37. The molecule has 106 valence electrons. The molecule has 1 fully saturated rings. The largest absolute Gasteiger partial charge is 0.324 e. The van der Waals surface area contributed by atoms with Crippen molar-refractivity contribution in [3.63, 3.8) is 0 Å². The van der Waals surface area contributed by atoms with Crippen LogP contribution in [0.2, 0.25) is 0 Å². The van der Waals surface area contributed by atoms with Crippen LogP contribution in [0.1, 0.15) is 57.2 Å². The van der Waals surface area contributed by atoms with Gasteiger partial charge in [0.15, 0.2) is 0 Å². The molecule has 1 aliphatic rings. The van der Waals surface area contributed by atoms with Gasteiger partial charge in [-0.25, -0.2) is 0 Å². The molecule has 19 heavy (non-hydrogen) atoms. The number of nitrogens with two attached hydrogens (primary N) is 1. The highest BCUT2D eigenvalue weighted by molar-refractivity contribution is 5.29. The average Bonchev–Trinajstić information content (AvgIpc) is 2.39. The summed E-state index contributed by atoms with van der Waals surface area (Å²) >= 11 is 0. The minimum atomic E-state index is 0.180. The monoisotopic (exact) mass is 260 g/mol. The number of hydrogen-bond donors (Lipinski definition) is 2. The number of benzene rings is 1. The molecule has 2 unspecified atom stereocenters. The molecule has 0 amide bonds. The van der Waals surface area contributed by atoms with Gasteiger partial charge < -0.3 is 11.1 Å². The Morgan fingerprint density at radius 2 is 1.95 bits per heavy atom. The van der Waals surface area contributed by atoms with Crippen molar-refractivity contribution in [2.24, 2.45) is 11.7 Å². The highest BCUT2D eigenvalue weighted by Crippen LogP contribution is 2.26. The van der Waals surface area contributed by atoms with Crippen LogP contribution in [0.3, 0.4) is 0 Å². The minimum absolute atomic E-state index is 0.180. The second-order valence-electron chi connectivity index (χ2n) is 6.93. The summed E-state index contributed by atoms with van der Waals surface area (Å²) < 4.78 is 0. The first-order valence-electron chi connectivity index (χ1n) is 7.53. The molecular weight excluding hydrogens is 232 g/mol. The Morgan fingerprint density at radius 3 is 2.47 bits per heavy atom. The molecule has 0 aromatic heterocycles. The average molecular weight is 260 g/mol. The van der Waals surface area contributed by atoms with E-state index >= 15 is 0 Å². The summed E-state index contributed by atoms with van der Waals surface area (Å²) in [5.41, 5.74) is 9.23. The summed E-state index contributed by atoms with van der Waals surface area (Å²) in [6.45, 7) is 9.04. The van der Waals surface area contributed by atoms with E-state index in [1.165, 1.54) is 30.5 Å². The summed E-state index contributed by atoms with van der Waals surface area (Å²) in [6.07, 6.45) is 3.71. The van der Waals surface area contributed by atoms with E-state index in [2.05, 4.69) is 50.4 Å². The Morgan fingerprint density at radius 1 is 1.26 bits per heavy atom. The van der Waals surface area contributed by atoms with E-state index in [-0.39, 0.29) is 11.5 Å². The van der Waals surface area contributed by atoms with Crippen LogP contribution in [0, 0.1) is 5.92 Å². The van der Waals surface area contributed by atoms with Crippen LogP contribution in [0.15, 0.2) is 24.3 Å². The molecule has 1 aromatic carbocycles. The van der Waals surface area contributed by atoms with Crippen molar-refractivity contribution in [2.45, 2.75) is 51.5 Å². The fourth-order valence-corrected chi connectivity index (χ4v) is 2.85. The molecule has 1 saturated heterocycles. The van der Waals surface area contributed by atoms with Gasteiger partial charge in [-0.05, 0) is 54.8 Å². The molecule has 0 bridgehead atoms. The lowest BCUT2D eigenvalue weighted by Crippen LogP contribution is -2.31. The van der Waals surface area contributed by atoms with E-state index in [1.807, 2.05) is 0 Å². The summed E-state index contributed by atoms with van der Waals surface area (Å²) in [4.78, 5) is 0. The standard InChI is InChI=1S/C17H28N2/c1-17(2,3)15-8-6-14(7-9-15)16(18)11-13-5-4-10-19-12-13/h6-9,13,16,19H,4-5,10-12,18H2,1-3H3. The molecule has 1 heterocycles. The molecule has 1 aliphatic heterocycles. The first-order valence-corrected chi connectivity index (χ1v) is 7.53. The van der Waals surface area contributed by atoms with Crippen molar-refractivity contribution in [1.29, 1.82) is 0 Å². The summed E-state index contributed by atoms with van der Waals surface area (Å²) in [6, 6.07) is 9.06. The summed E-state index contributed by atoms with van der Waals surface area (Å²) in [7, 11) is 0. The Hall–Kier alpha value is -0.860. The van der Waals surface area contributed by atoms with Gasteiger partial charge in [0.1, 0.15) is 0 Å². The van der Waals surface area contributed by atoms with Crippen LogP contribution in [0.4, 0.5) is 0 Å². The minimum Gasteiger partial charge on any atom is -0.324 e. The smallest absolute Gasteiger partial charge is 0.0297 e. The maximum Gasteiger partial charge on any atom is 0.0297 e. The zero-order valence-corrected chi connectivity index (χ0v) is 12.6. The van der Waals surface area contributed by atoms with Crippen molar-refractivity contribution in [1.82, 2.24) is 5.32 Å². The van der Waals surface area contributed by atoms with Crippen LogP contribution < -0.4 is 11.1 Å². The third kappa shape index (κ3) is 4.05. The molecule has 0 aliphatic carbocycles. The van der Waals surface area contributed by atoms with E-state index in [1.54, 1.807) is 0 Å². The SMILES string of the molecule is CC(C)(C)c1ccc(C(N)CC2CCCNC2)cc1. The molecule has 0 saturated carbocycles. The van der Waals surface area contributed by atoms with E-state index in [9.17, 15) is 0 Å². The highest BCUT2D eigenvalue weighted by Gasteiger charge is 2.18. The fourth-order valence-electron chi connectivity index (χ4n) is 2.85. The fraction of sp³-hybridized carbons (Fsp3) is 0.647. The van der Waals surface area contributed by atoms with Gasteiger partial charge in [-0.3, -0.25) is 0 Å². The molecule has 1 aromatic rings. The second kappa shape index (κ2) is 6.06. The molecule has 3 N–H and O–H groups in total. The molecule has 0 radical (unpaired) electrons. The maximum atomic E-state index is 6.36. The van der Waals surface area contributed by atoms with Gasteiger partial charge in [0, 0.05) is 6.04 Å². The summed E-state index contributed by atoms with van der Waals surface area (Å²) in [5, 5.41) is 3.47. The van der Waals surface area contributed by atoms with Gasteiger partial charge in [0.05, 0.1) is 0 Å². The normalized spacial score (nSPS) is 22.2. The molecule has 2 rings (SSSR count). The Kier molecular flexibility index (Phi) is 4.64. The van der Waals surface area contributed by atoms with Gasteiger partial charge in [-0.2, -0.15) is 0 Å². The summed E-state index contributed by atoms with van der Waals surface area (Å²) in [5.74, 6) is 0.742. The Balaban J connectivity index is 1.97. The van der Waals surface area contributed by atoms with Crippen LogP contribution in [0.25, 0.3) is 0 Å². The number of hydrogen-bond acceptors (Lipinski definition) is 2. The van der Waals surface area contributed by atoms with Crippen LogP contribution in [-0.4, -0.2) is 13.1 Å². The van der Waals surface area contributed by atoms with E-state index in [4.69, 9.17) is 5.73 Å². The van der Waals surface area contributed by atoms with E-state index < -0.39 is 0 Å². The van der Waals surface area contributed by atoms with Crippen LogP contribution in [0.5, 0.6) is 0 Å². The Bertz CT molecular complexity index is 383. The number of rotatable bonds is 3.